The molecule has 130 valence electrons. The molecule has 26 heavy (non-hydrogen) atoms. The number of benzene rings is 2. The summed E-state index contributed by atoms with van der Waals surface area (Å²) in [5, 5.41) is 0. The molecule has 0 atom stereocenters. The molecule has 0 radical (unpaired) electrons. The van der Waals surface area contributed by atoms with Crippen LogP contribution in [-0.2, 0) is 6.54 Å². The van der Waals surface area contributed by atoms with Crippen LogP contribution >= 0.6 is 0 Å². The van der Waals surface area contributed by atoms with Gasteiger partial charge in [0.15, 0.2) is 5.78 Å². The number of pyridine rings is 1. The Hall–Kier alpha value is -3.34. The molecule has 3 rings (SSSR count). The molecule has 0 saturated carbocycles. The van der Waals surface area contributed by atoms with Gasteiger partial charge >= 0.3 is 0 Å². The largest absolute Gasteiger partial charge is 0.337 e. The van der Waals surface area contributed by atoms with Crippen LogP contribution in [-0.4, -0.2) is 28.6 Å². The van der Waals surface area contributed by atoms with Gasteiger partial charge in [0.25, 0.3) is 5.91 Å². The quantitative estimate of drug-likeness (QED) is 0.660. The van der Waals surface area contributed by atoms with Gasteiger partial charge < -0.3 is 4.90 Å². The molecular weight excluding hydrogens is 331 g/mol. The molecule has 4 nitrogen and oxygen atoms in total. The Kier molecular flexibility index (Phi) is 5.17. The third kappa shape index (κ3) is 3.83. The van der Waals surface area contributed by atoms with E-state index in [1.165, 1.54) is 24.3 Å². The van der Waals surface area contributed by atoms with E-state index in [1.54, 1.807) is 48.6 Å². The van der Waals surface area contributed by atoms with Crippen molar-refractivity contribution in [2.75, 3.05) is 7.05 Å². The van der Waals surface area contributed by atoms with Crippen molar-refractivity contribution in [2.45, 2.75) is 6.54 Å². The molecule has 1 aromatic heterocycles. The van der Waals surface area contributed by atoms with Gasteiger partial charge in [-0.3, -0.25) is 14.6 Å². The van der Waals surface area contributed by atoms with Crippen LogP contribution in [0.2, 0.25) is 0 Å². The minimum atomic E-state index is -0.414. The standard InChI is InChI=1S/C21H17FN2O2/c1-24(14-15-10-12-23-13-11-15)21(26)19-5-3-2-4-18(19)20(25)16-6-8-17(22)9-7-16/h2-13H,14H2,1H3. The number of aromatic nitrogens is 1. The first-order valence-corrected chi connectivity index (χ1v) is 8.10. The highest BCUT2D eigenvalue weighted by Gasteiger charge is 2.20. The molecular formula is C21H17FN2O2. The Bertz CT molecular complexity index is 924. The number of carbonyl (C=O) groups excluding carboxylic acids is 2. The number of ketones is 1. The second-order valence-corrected chi connectivity index (χ2v) is 5.90. The van der Waals surface area contributed by atoms with Crippen molar-refractivity contribution in [3.8, 4) is 0 Å². The molecule has 5 heteroatoms. The Balaban J connectivity index is 1.87. The summed E-state index contributed by atoms with van der Waals surface area (Å²) in [6.07, 6.45) is 3.33. The van der Waals surface area contributed by atoms with Crippen molar-refractivity contribution in [2.24, 2.45) is 0 Å². The van der Waals surface area contributed by atoms with Gasteiger partial charge in [-0.2, -0.15) is 0 Å². The third-order valence-corrected chi connectivity index (χ3v) is 4.02. The Morgan fingerprint density at radius 2 is 1.54 bits per heavy atom. The monoisotopic (exact) mass is 348 g/mol. The van der Waals surface area contributed by atoms with E-state index in [1.807, 2.05) is 12.1 Å². The Morgan fingerprint density at radius 3 is 2.19 bits per heavy atom. The van der Waals surface area contributed by atoms with E-state index in [-0.39, 0.29) is 11.7 Å². The number of carbonyl (C=O) groups is 2. The molecule has 0 bridgehead atoms. The average Bonchev–Trinajstić information content (AvgIpc) is 2.68. The highest BCUT2D eigenvalue weighted by molar-refractivity contribution is 6.15. The van der Waals surface area contributed by atoms with Crippen LogP contribution in [0.3, 0.4) is 0 Å². The topological polar surface area (TPSA) is 50.3 Å². The molecule has 0 saturated heterocycles. The molecule has 3 aromatic rings. The van der Waals surface area contributed by atoms with E-state index in [4.69, 9.17) is 0 Å². The average molecular weight is 348 g/mol. The number of hydrogen-bond acceptors (Lipinski definition) is 3. The van der Waals surface area contributed by atoms with E-state index < -0.39 is 5.82 Å². The van der Waals surface area contributed by atoms with E-state index in [9.17, 15) is 14.0 Å². The first kappa shape index (κ1) is 17.5. The Morgan fingerprint density at radius 1 is 0.923 bits per heavy atom. The molecule has 0 spiro atoms. The number of amides is 1. The van der Waals surface area contributed by atoms with Gasteiger partial charge in [-0.1, -0.05) is 18.2 Å². The summed E-state index contributed by atoms with van der Waals surface area (Å²) in [5.74, 6) is -0.984. The lowest BCUT2D eigenvalue weighted by molar-refractivity contribution is 0.0780. The molecule has 2 aromatic carbocycles. The number of nitrogens with zero attached hydrogens (tertiary/aromatic N) is 2. The molecule has 0 unspecified atom stereocenters. The summed E-state index contributed by atoms with van der Waals surface area (Å²) < 4.78 is 13.1. The smallest absolute Gasteiger partial charge is 0.254 e. The van der Waals surface area contributed by atoms with Gasteiger partial charge in [0.2, 0.25) is 0 Å². The molecule has 0 aliphatic heterocycles. The van der Waals surface area contributed by atoms with Crippen LogP contribution in [0.5, 0.6) is 0 Å². The van der Waals surface area contributed by atoms with Crippen LogP contribution in [0.25, 0.3) is 0 Å². The summed E-state index contributed by atoms with van der Waals surface area (Å²) in [7, 11) is 1.68. The Labute approximate surface area is 150 Å². The van der Waals surface area contributed by atoms with Crippen LogP contribution in [0.15, 0.2) is 73.1 Å². The summed E-state index contributed by atoms with van der Waals surface area (Å²) in [5.41, 5.74) is 1.89. The van der Waals surface area contributed by atoms with E-state index in [0.717, 1.165) is 5.56 Å². The number of rotatable bonds is 5. The van der Waals surface area contributed by atoms with E-state index >= 15 is 0 Å². The highest BCUT2D eigenvalue weighted by atomic mass is 19.1. The zero-order valence-corrected chi connectivity index (χ0v) is 14.2. The van der Waals surface area contributed by atoms with Crippen LogP contribution in [0.4, 0.5) is 4.39 Å². The van der Waals surface area contributed by atoms with Crippen LogP contribution in [0, 0.1) is 5.82 Å². The van der Waals surface area contributed by atoms with Gasteiger partial charge in [0.1, 0.15) is 5.82 Å². The third-order valence-electron chi connectivity index (χ3n) is 4.02. The lowest BCUT2D eigenvalue weighted by atomic mass is 9.97. The molecule has 0 fully saturated rings. The second kappa shape index (κ2) is 7.70. The molecule has 0 N–H and O–H groups in total. The van der Waals surface area contributed by atoms with E-state index in [2.05, 4.69) is 4.98 Å². The molecule has 1 heterocycles. The van der Waals surface area contributed by atoms with E-state index in [0.29, 0.717) is 23.2 Å². The van der Waals surface area contributed by atoms with Crippen LogP contribution < -0.4 is 0 Å². The van der Waals surface area contributed by atoms with Crippen molar-refractivity contribution in [1.29, 1.82) is 0 Å². The van der Waals surface area contributed by atoms with Gasteiger partial charge in [0, 0.05) is 37.1 Å². The van der Waals surface area contributed by atoms with Gasteiger partial charge in [0.05, 0.1) is 5.56 Å². The SMILES string of the molecule is CN(Cc1ccncc1)C(=O)c1ccccc1C(=O)c1ccc(F)cc1. The lowest BCUT2D eigenvalue weighted by Gasteiger charge is -2.19. The summed E-state index contributed by atoms with van der Waals surface area (Å²) in [6, 6.07) is 15.6. The molecule has 0 aliphatic carbocycles. The maximum Gasteiger partial charge on any atom is 0.254 e. The first-order chi connectivity index (χ1) is 12.6. The minimum absolute atomic E-state index is 0.257. The van der Waals surface area contributed by atoms with Crippen LogP contribution in [0.1, 0.15) is 31.8 Å². The van der Waals surface area contributed by atoms with Gasteiger partial charge in [-0.25, -0.2) is 4.39 Å². The van der Waals surface area contributed by atoms with Crippen molar-refractivity contribution in [3.05, 3.63) is 101 Å². The summed E-state index contributed by atoms with van der Waals surface area (Å²) in [6.45, 7) is 0.403. The highest BCUT2D eigenvalue weighted by Crippen LogP contribution is 2.17. The van der Waals surface area contributed by atoms with Gasteiger partial charge in [-0.05, 0) is 48.0 Å². The van der Waals surface area contributed by atoms with Crippen molar-refractivity contribution < 1.29 is 14.0 Å². The van der Waals surface area contributed by atoms with Crippen molar-refractivity contribution in [3.63, 3.8) is 0 Å². The fourth-order valence-corrected chi connectivity index (χ4v) is 2.66. The zero-order valence-electron chi connectivity index (χ0n) is 14.2. The number of hydrogen-bond donors (Lipinski definition) is 0. The maximum absolute atomic E-state index is 13.1. The fourth-order valence-electron chi connectivity index (χ4n) is 2.66. The predicted molar refractivity (Wildman–Crippen MR) is 96.3 cm³/mol. The minimum Gasteiger partial charge on any atom is -0.337 e. The van der Waals surface area contributed by atoms with Crippen molar-refractivity contribution >= 4 is 11.7 Å². The molecule has 0 aliphatic rings. The number of halogens is 1. The predicted octanol–water partition coefficient (Wildman–Crippen LogP) is 3.72. The van der Waals surface area contributed by atoms with Gasteiger partial charge in [-0.15, -0.1) is 0 Å². The normalized spacial score (nSPS) is 10.4. The lowest BCUT2D eigenvalue weighted by Crippen LogP contribution is -2.28. The maximum atomic E-state index is 13.1. The van der Waals surface area contributed by atoms with Crippen molar-refractivity contribution in [1.82, 2.24) is 9.88 Å². The summed E-state index contributed by atoms with van der Waals surface area (Å²) in [4.78, 5) is 31.1. The summed E-state index contributed by atoms with van der Waals surface area (Å²) >= 11 is 0. The fraction of sp³-hybridized carbons (Fsp3) is 0.0952. The first-order valence-electron chi connectivity index (χ1n) is 8.10. The molecule has 1 amide bonds. The zero-order chi connectivity index (χ0) is 18.5. The second-order valence-electron chi connectivity index (χ2n) is 5.90.